The molecule has 0 radical (unpaired) electrons. The average Bonchev–Trinajstić information content (AvgIpc) is 1.99. The number of nitrogens with zero attached hydrogens (tertiary/aromatic N) is 3. The lowest BCUT2D eigenvalue weighted by Crippen LogP contribution is -2.33. The quantitative estimate of drug-likeness (QED) is 0.494. The minimum absolute atomic E-state index is 0.286. The van der Waals surface area contributed by atoms with Crippen LogP contribution in [-0.2, 0) is 0 Å². The van der Waals surface area contributed by atoms with E-state index in [1.165, 1.54) is 0 Å². The first kappa shape index (κ1) is 13.1. The van der Waals surface area contributed by atoms with Crippen LogP contribution in [0.1, 0.15) is 41.5 Å². The second-order valence-corrected chi connectivity index (χ2v) is 4.29. The van der Waals surface area contributed by atoms with Crippen molar-refractivity contribution in [1.29, 1.82) is 0 Å². The number of guanidine groups is 1. The van der Waals surface area contributed by atoms with Gasteiger partial charge in [0.05, 0.1) is 0 Å². The molecule has 3 nitrogen and oxygen atoms in total. The molecule has 0 aromatic carbocycles. The van der Waals surface area contributed by atoms with E-state index < -0.39 is 0 Å². The summed E-state index contributed by atoms with van der Waals surface area (Å²) in [5.41, 5.74) is 1.04. The van der Waals surface area contributed by atoms with E-state index in [1.807, 2.05) is 20.9 Å². The number of hydrogen-bond donors (Lipinski definition) is 0. The third-order valence-corrected chi connectivity index (χ3v) is 1.79. The van der Waals surface area contributed by atoms with E-state index in [1.54, 1.807) is 0 Å². The average molecular weight is 197 g/mol. The van der Waals surface area contributed by atoms with Gasteiger partial charge < -0.3 is 4.90 Å². The van der Waals surface area contributed by atoms with Crippen LogP contribution >= 0.6 is 0 Å². The van der Waals surface area contributed by atoms with Gasteiger partial charge in [0.1, 0.15) is 0 Å². The predicted octanol–water partition coefficient (Wildman–Crippen LogP) is 2.57. The molecule has 0 aromatic rings. The topological polar surface area (TPSA) is 28.0 Å². The molecule has 0 N–H and O–H groups in total. The first-order valence-electron chi connectivity index (χ1n) is 5.17. The van der Waals surface area contributed by atoms with E-state index in [0.29, 0.717) is 6.04 Å². The van der Waals surface area contributed by atoms with E-state index >= 15 is 0 Å². The SMILES string of the molecule is CC(C)=N/C(=N/C(C)C)N(C)C(C)C. The highest BCUT2D eigenvalue weighted by Crippen LogP contribution is 2.01. The molecule has 0 atom stereocenters. The van der Waals surface area contributed by atoms with Crippen LogP contribution in [0.5, 0.6) is 0 Å². The molecular weight excluding hydrogens is 174 g/mol. The van der Waals surface area contributed by atoms with Crippen LogP contribution < -0.4 is 0 Å². The zero-order chi connectivity index (χ0) is 11.3. The molecule has 14 heavy (non-hydrogen) atoms. The van der Waals surface area contributed by atoms with Gasteiger partial charge in [-0.3, -0.25) is 0 Å². The second-order valence-electron chi connectivity index (χ2n) is 4.29. The molecule has 0 spiro atoms. The first-order valence-corrected chi connectivity index (χ1v) is 5.17. The summed E-state index contributed by atoms with van der Waals surface area (Å²) in [6, 6.07) is 0.713. The lowest BCUT2D eigenvalue weighted by Gasteiger charge is -2.23. The zero-order valence-electron chi connectivity index (χ0n) is 10.5. The minimum Gasteiger partial charge on any atom is -0.342 e. The summed E-state index contributed by atoms with van der Waals surface area (Å²) >= 11 is 0. The second kappa shape index (κ2) is 5.78. The van der Waals surface area contributed by atoms with E-state index in [4.69, 9.17) is 0 Å². The van der Waals surface area contributed by atoms with Gasteiger partial charge in [-0.05, 0) is 41.5 Å². The van der Waals surface area contributed by atoms with Crippen molar-refractivity contribution < 1.29 is 0 Å². The molecule has 0 unspecified atom stereocenters. The summed E-state index contributed by atoms with van der Waals surface area (Å²) in [6.45, 7) is 12.4. The molecule has 82 valence electrons. The van der Waals surface area contributed by atoms with Crippen LogP contribution in [0.4, 0.5) is 0 Å². The molecule has 0 heterocycles. The highest BCUT2D eigenvalue weighted by Gasteiger charge is 2.09. The monoisotopic (exact) mass is 197 g/mol. The van der Waals surface area contributed by atoms with Gasteiger partial charge in [-0.1, -0.05) is 0 Å². The Hall–Kier alpha value is -0.860. The Morgan fingerprint density at radius 3 is 1.86 bits per heavy atom. The van der Waals surface area contributed by atoms with E-state index in [2.05, 4.69) is 42.6 Å². The van der Waals surface area contributed by atoms with Gasteiger partial charge in [0.2, 0.25) is 5.96 Å². The van der Waals surface area contributed by atoms with Gasteiger partial charge in [0.15, 0.2) is 0 Å². The summed E-state index contributed by atoms with van der Waals surface area (Å²) in [5, 5.41) is 0. The Balaban J connectivity index is 4.82. The van der Waals surface area contributed by atoms with Gasteiger partial charge >= 0.3 is 0 Å². The maximum absolute atomic E-state index is 4.49. The molecular formula is C11H23N3. The van der Waals surface area contributed by atoms with Gasteiger partial charge in [-0.15, -0.1) is 0 Å². The smallest absolute Gasteiger partial charge is 0.220 e. The minimum atomic E-state index is 0.286. The summed E-state index contributed by atoms with van der Waals surface area (Å²) in [4.78, 5) is 11.0. The highest BCUT2D eigenvalue weighted by molar-refractivity contribution is 5.94. The van der Waals surface area contributed by atoms with Crippen molar-refractivity contribution in [3.05, 3.63) is 0 Å². The molecule has 0 saturated heterocycles. The third-order valence-electron chi connectivity index (χ3n) is 1.79. The Kier molecular flexibility index (Phi) is 5.43. The van der Waals surface area contributed by atoms with Gasteiger partial charge in [-0.25, -0.2) is 9.98 Å². The molecule has 0 aliphatic heterocycles. The first-order chi connectivity index (χ1) is 6.34. The summed E-state index contributed by atoms with van der Waals surface area (Å²) in [6.07, 6.45) is 0. The van der Waals surface area contributed by atoms with E-state index in [9.17, 15) is 0 Å². The Morgan fingerprint density at radius 1 is 1.07 bits per heavy atom. The fraction of sp³-hybridized carbons (Fsp3) is 0.818. The molecule has 0 amide bonds. The van der Waals surface area contributed by atoms with Crippen molar-refractivity contribution >= 4 is 11.7 Å². The van der Waals surface area contributed by atoms with Crippen LogP contribution in [-0.4, -0.2) is 35.7 Å². The fourth-order valence-corrected chi connectivity index (χ4v) is 0.861. The number of hydrogen-bond acceptors (Lipinski definition) is 1. The Labute approximate surface area is 87.9 Å². The Morgan fingerprint density at radius 2 is 1.57 bits per heavy atom. The van der Waals surface area contributed by atoms with Crippen LogP contribution in [0.15, 0.2) is 9.98 Å². The highest BCUT2D eigenvalue weighted by atomic mass is 15.3. The molecule has 0 bridgehead atoms. The third kappa shape index (κ3) is 5.00. The Bertz CT molecular complexity index is 223. The van der Waals surface area contributed by atoms with Crippen LogP contribution in [0.3, 0.4) is 0 Å². The summed E-state index contributed by atoms with van der Waals surface area (Å²) in [7, 11) is 2.03. The molecule has 3 heteroatoms. The normalized spacial score (nSPS) is 12.2. The van der Waals surface area contributed by atoms with Crippen molar-refractivity contribution in [1.82, 2.24) is 4.90 Å². The standard InChI is InChI=1S/C11H23N3/c1-8(2)12-11(13-9(3)4)14(7)10(5)6/h8,10H,1-7H3/b12-11-. The van der Waals surface area contributed by atoms with Crippen molar-refractivity contribution in [2.75, 3.05) is 7.05 Å². The van der Waals surface area contributed by atoms with Crippen molar-refractivity contribution in [3.63, 3.8) is 0 Å². The van der Waals surface area contributed by atoms with Crippen LogP contribution in [0.2, 0.25) is 0 Å². The van der Waals surface area contributed by atoms with Gasteiger partial charge in [-0.2, -0.15) is 0 Å². The van der Waals surface area contributed by atoms with E-state index in [0.717, 1.165) is 11.7 Å². The van der Waals surface area contributed by atoms with E-state index in [-0.39, 0.29) is 6.04 Å². The lowest BCUT2D eigenvalue weighted by atomic mass is 10.3. The van der Waals surface area contributed by atoms with Crippen LogP contribution in [0.25, 0.3) is 0 Å². The van der Waals surface area contributed by atoms with Crippen LogP contribution in [0, 0.1) is 0 Å². The molecule has 0 aliphatic rings. The lowest BCUT2D eigenvalue weighted by molar-refractivity contribution is 0.410. The number of rotatable bonds is 2. The van der Waals surface area contributed by atoms with Gasteiger partial charge in [0.25, 0.3) is 0 Å². The van der Waals surface area contributed by atoms with Crippen molar-refractivity contribution in [2.45, 2.75) is 53.6 Å². The summed E-state index contributed by atoms with van der Waals surface area (Å²) in [5.74, 6) is 0.829. The van der Waals surface area contributed by atoms with Crippen molar-refractivity contribution in [2.24, 2.45) is 9.98 Å². The molecule has 0 saturated carbocycles. The molecule has 0 aromatic heterocycles. The maximum atomic E-state index is 4.49. The molecule has 0 aliphatic carbocycles. The maximum Gasteiger partial charge on any atom is 0.220 e. The predicted molar refractivity (Wildman–Crippen MR) is 64.3 cm³/mol. The fourth-order valence-electron chi connectivity index (χ4n) is 0.861. The summed E-state index contributed by atoms with van der Waals surface area (Å²) < 4.78 is 0. The molecule has 0 fully saturated rings. The van der Waals surface area contributed by atoms with Gasteiger partial charge in [0, 0.05) is 24.8 Å². The zero-order valence-corrected chi connectivity index (χ0v) is 10.5. The number of aliphatic imine (C=N–C) groups is 2. The largest absolute Gasteiger partial charge is 0.342 e. The molecule has 0 rings (SSSR count). The van der Waals surface area contributed by atoms with Crippen molar-refractivity contribution in [3.8, 4) is 0 Å².